The van der Waals surface area contributed by atoms with Crippen molar-refractivity contribution in [3.05, 3.63) is 46.0 Å². The van der Waals surface area contributed by atoms with Crippen LogP contribution in [0.2, 0.25) is 0 Å². The topological polar surface area (TPSA) is 95.1 Å². The molecule has 0 aliphatic heterocycles. The Kier molecular flexibility index (Phi) is 4.49. The molecule has 0 saturated heterocycles. The van der Waals surface area contributed by atoms with Crippen LogP contribution in [0.3, 0.4) is 0 Å². The highest BCUT2D eigenvalue weighted by Gasteiger charge is 2.14. The van der Waals surface area contributed by atoms with E-state index in [1.54, 1.807) is 12.4 Å². The molecule has 2 aromatic rings. The van der Waals surface area contributed by atoms with Gasteiger partial charge in [-0.1, -0.05) is 0 Å². The highest BCUT2D eigenvalue weighted by Crippen LogP contribution is 2.24. The second kappa shape index (κ2) is 6.31. The average molecular weight is 291 g/mol. The predicted molar refractivity (Wildman–Crippen MR) is 75.9 cm³/mol. The molecule has 0 spiro atoms. The molecule has 1 atom stereocenters. The van der Waals surface area contributed by atoms with E-state index in [1.165, 1.54) is 19.2 Å². The molecule has 8 heteroatoms. The fourth-order valence-electron chi connectivity index (χ4n) is 2.06. The molecular formula is C13H17N5O3. The molecular weight excluding hydrogens is 274 g/mol. The van der Waals surface area contributed by atoms with Gasteiger partial charge < -0.3 is 14.6 Å². The number of rotatable bonds is 6. The summed E-state index contributed by atoms with van der Waals surface area (Å²) in [6.07, 6.45) is 1.63. The van der Waals surface area contributed by atoms with Crippen LogP contribution in [-0.4, -0.2) is 26.8 Å². The molecule has 1 heterocycles. The maximum Gasteiger partial charge on any atom is 0.270 e. The third kappa shape index (κ3) is 3.34. The zero-order chi connectivity index (χ0) is 15.4. The molecule has 112 valence electrons. The van der Waals surface area contributed by atoms with Gasteiger partial charge in [0.15, 0.2) is 0 Å². The van der Waals surface area contributed by atoms with Crippen molar-refractivity contribution in [3.63, 3.8) is 0 Å². The smallest absolute Gasteiger partial charge is 0.270 e. The fraction of sp³-hybridized carbons (Fsp3) is 0.385. The van der Waals surface area contributed by atoms with Gasteiger partial charge in [-0.15, -0.1) is 10.2 Å². The lowest BCUT2D eigenvalue weighted by molar-refractivity contribution is -0.384. The zero-order valence-electron chi connectivity index (χ0n) is 12.1. The average Bonchev–Trinajstić information content (AvgIpc) is 2.90. The Balaban J connectivity index is 2.13. The summed E-state index contributed by atoms with van der Waals surface area (Å²) in [5, 5.41) is 22.0. The Labute approximate surface area is 121 Å². The van der Waals surface area contributed by atoms with Gasteiger partial charge in [0.2, 0.25) is 0 Å². The van der Waals surface area contributed by atoms with Gasteiger partial charge >= 0.3 is 0 Å². The van der Waals surface area contributed by atoms with Gasteiger partial charge in [0, 0.05) is 31.3 Å². The SMILES string of the molecule is COc1ccc([N+](=O)[O-])cc1CNC(C)c1nncn1C. The fourth-order valence-corrected chi connectivity index (χ4v) is 2.06. The van der Waals surface area contributed by atoms with Gasteiger partial charge in [0.05, 0.1) is 18.1 Å². The molecule has 0 aliphatic rings. The first kappa shape index (κ1) is 14.9. The Morgan fingerprint density at radius 2 is 2.29 bits per heavy atom. The van der Waals surface area contributed by atoms with E-state index >= 15 is 0 Å². The standard InChI is InChI=1S/C13H17N5O3/c1-9(13-16-15-8-17(13)2)14-7-10-6-11(18(19)20)4-5-12(10)21-3/h4-6,8-9,14H,7H2,1-3H3. The molecule has 0 bridgehead atoms. The minimum absolute atomic E-state index is 0.0403. The quantitative estimate of drug-likeness (QED) is 0.641. The number of aromatic nitrogens is 3. The Hall–Kier alpha value is -2.48. The van der Waals surface area contributed by atoms with E-state index in [2.05, 4.69) is 15.5 Å². The van der Waals surface area contributed by atoms with E-state index < -0.39 is 4.92 Å². The number of nitro benzene ring substituents is 1. The Morgan fingerprint density at radius 3 is 2.86 bits per heavy atom. The lowest BCUT2D eigenvalue weighted by Gasteiger charge is -2.14. The summed E-state index contributed by atoms with van der Waals surface area (Å²) >= 11 is 0. The van der Waals surface area contributed by atoms with Gasteiger partial charge in [-0.3, -0.25) is 10.1 Å². The lowest BCUT2D eigenvalue weighted by Crippen LogP contribution is -2.21. The third-order valence-corrected chi connectivity index (χ3v) is 3.21. The number of nitro groups is 1. The van der Waals surface area contributed by atoms with Gasteiger partial charge in [-0.25, -0.2) is 0 Å². The van der Waals surface area contributed by atoms with Crippen molar-refractivity contribution in [1.29, 1.82) is 0 Å². The normalized spacial score (nSPS) is 12.1. The summed E-state index contributed by atoms with van der Waals surface area (Å²) in [5.41, 5.74) is 0.764. The molecule has 0 saturated carbocycles. The molecule has 1 unspecified atom stereocenters. The summed E-state index contributed by atoms with van der Waals surface area (Å²) < 4.78 is 7.05. The third-order valence-electron chi connectivity index (χ3n) is 3.21. The minimum Gasteiger partial charge on any atom is -0.496 e. The predicted octanol–water partition coefficient (Wildman–Crippen LogP) is 1.58. The molecule has 1 aromatic carbocycles. The maximum absolute atomic E-state index is 10.8. The first-order valence-electron chi connectivity index (χ1n) is 6.41. The summed E-state index contributed by atoms with van der Waals surface area (Å²) in [6.45, 7) is 2.38. The monoisotopic (exact) mass is 291 g/mol. The van der Waals surface area contributed by atoms with Gasteiger partial charge in [0.25, 0.3) is 5.69 Å². The van der Waals surface area contributed by atoms with Crippen LogP contribution in [0.25, 0.3) is 0 Å². The number of non-ortho nitro benzene ring substituents is 1. The molecule has 2 rings (SSSR count). The van der Waals surface area contributed by atoms with Crippen molar-refractivity contribution in [2.24, 2.45) is 7.05 Å². The molecule has 0 amide bonds. The number of methoxy groups -OCH3 is 1. The molecule has 0 radical (unpaired) electrons. The highest BCUT2D eigenvalue weighted by atomic mass is 16.6. The lowest BCUT2D eigenvalue weighted by atomic mass is 10.1. The molecule has 0 fully saturated rings. The van der Waals surface area contributed by atoms with Crippen molar-refractivity contribution in [2.75, 3.05) is 7.11 Å². The van der Waals surface area contributed by atoms with E-state index in [9.17, 15) is 10.1 Å². The second-order valence-electron chi connectivity index (χ2n) is 4.66. The molecule has 21 heavy (non-hydrogen) atoms. The van der Waals surface area contributed by atoms with Crippen LogP contribution < -0.4 is 10.1 Å². The van der Waals surface area contributed by atoms with Crippen LogP contribution >= 0.6 is 0 Å². The molecule has 1 aromatic heterocycles. The van der Waals surface area contributed by atoms with Crippen molar-refractivity contribution in [1.82, 2.24) is 20.1 Å². The largest absolute Gasteiger partial charge is 0.496 e. The van der Waals surface area contributed by atoms with Crippen LogP contribution in [0.15, 0.2) is 24.5 Å². The Morgan fingerprint density at radius 1 is 1.52 bits per heavy atom. The van der Waals surface area contributed by atoms with Crippen LogP contribution in [0.1, 0.15) is 24.4 Å². The Bertz CT molecular complexity index is 640. The van der Waals surface area contributed by atoms with Crippen LogP contribution in [0, 0.1) is 10.1 Å². The van der Waals surface area contributed by atoms with Crippen LogP contribution in [0.4, 0.5) is 5.69 Å². The highest BCUT2D eigenvalue weighted by molar-refractivity contribution is 5.43. The minimum atomic E-state index is -0.422. The number of hydrogen-bond acceptors (Lipinski definition) is 6. The van der Waals surface area contributed by atoms with Crippen molar-refractivity contribution in [3.8, 4) is 5.75 Å². The van der Waals surface area contributed by atoms with E-state index in [-0.39, 0.29) is 11.7 Å². The molecule has 1 N–H and O–H groups in total. The first-order chi connectivity index (χ1) is 10.0. The van der Waals surface area contributed by atoms with E-state index in [0.29, 0.717) is 12.3 Å². The maximum atomic E-state index is 10.8. The number of nitrogens with one attached hydrogen (secondary N) is 1. The summed E-state index contributed by atoms with van der Waals surface area (Å²) in [7, 11) is 3.40. The number of ether oxygens (including phenoxy) is 1. The second-order valence-corrected chi connectivity index (χ2v) is 4.66. The van der Waals surface area contributed by atoms with Crippen molar-refractivity contribution >= 4 is 5.69 Å². The first-order valence-corrected chi connectivity index (χ1v) is 6.41. The van der Waals surface area contributed by atoms with E-state index in [4.69, 9.17) is 4.74 Å². The number of nitrogens with zero attached hydrogens (tertiary/aromatic N) is 4. The van der Waals surface area contributed by atoms with Crippen molar-refractivity contribution in [2.45, 2.75) is 19.5 Å². The van der Waals surface area contributed by atoms with E-state index in [0.717, 1.165) is 11.4 Å². The molecule has 8 nitrogen and oxygen atoms in total. The van der Waals surface area contributed by atoms with Crippen molar-refractivity contribution < 1.29 is 9.66 Å². The van der Waals surface area contributed by atoms with Crippen LogP contribution in [-0.2, 0) is 13.6 Å². The number of aryl methyl sites for hydroxylation is 1. The summed E-state index contributed by atoms with van der Waals surface area (Å²) in [6, 6.07) is 4.49. The van der Waals surface area contributed by atoms with Gasteiger partial charge in [0.1, 0.15) is 17.9 Å². The summed E-state index contributed by atoms with van der Waals surface area (Å²) in [4.78, 5) is 10.4. The van der Waals surface area contributed by atoms with Crippen LogP contribution in [0.5, 0.6) is 5.75 Å². The van der Waals surface area contributed by atoms with E-state index in [1.807, 2.05) is 18.5 Å². The number of hydrogen-bond donors (Lipinski definition) is 1. The molecule has 0 aliphatic carbocycles. The number of benzene rings is 1. The summed E-state index contributed by atoms with van der Waals surface area (Å²) in [5.74, 6) is 1.40. The van der Waals surface area contributed by atoms with Gasteiger partial charge in [-0.05, 0) is 13.0 Å². The zero-order valence-corrected chi connectivity index (χ0v) is 12.1. The van der Waals surface area contributed by atoms with Gasteiger partial charge in [-0.2, -0.15) is 0 Å².